The van der Waals surface area contributed by atoms with Crippen LogP contribution < -0.4 is 14.2 Å². The predicted molar refractivity (Wildman–Crippen MR) is 59.2 cm³/mol. The molecule has 0 radical (unpaired) electrons. The first-order valence-corrected chi connectivity index (χ1v) is 6.77. The molecule has 1 aromatic carbocycles. The summed E-state index contributed by atoms with van der Waals surface area (Å²) in [6.45, 7) is 0.562. The van der Waals surface area contributed by atoms with E-state index in [1.165, 1.54) is 0 Å². The van der Waals surface area contributed by atoms with E-state index in [1.807, 2.05) is 18.2 Å². The van der Waals surface area contributed by atoms with Gasteiger partial charge in [-0.3, -0.25) is 0 Å². The van der Waals surface area contributed by atoms with Crippen LogP contribution in [-0.4, -0.2) is 33.9 Å². The van der Waals surface area contributed by atoms with Gasteiger partial charge in [-0.2, -0.15) is 0 Å². The highest BCUT2D eigenvalue weighted by Crippen LogP contribution is 2.30. The maximum Gasteiger partial charge on any atom is 0.208 e. The number of hydrogen-bond acceptors (Lipinski definition) is 4. The SMILES string of the molecule is CS(=O)(=O)NCC1COc2ccccc2O1. The van der Waals surface area contributed by atoms with Crippen molar-refractivity contribution in [3.05, 3.63) is 24.3 Å². The average molecular weight is 243 g/mol. The zero-order valence-electron chi connectivity index (χ0n) is 8.84. The van der Waals surface area contributed by atoms with Crippen LogP contribution in [0.1, 0.15) is 0 Å². The number of para-hydroxylation sites is 2. The van der Waals surface area contributed by atoms with E-state index >= 15 is 0 Å². The lowest BCUT2D eigenvalue weighted by molar-refractivity contribution is 0.0943. The molecule has 5 nitrogen and oxygen atoms in total. The Morgan fingerprint density at radius 2 is 2.06 bits per heavy atom. The summed E-state index contributed by atoms with van der Waals surface area (Å²) in [5.74, 6) is 1.34. The van der Waals surface area contributed by atoms with Crippen LogP contribution in [0.2, 0.25) is 0 Å². The van der Waals surface area contributed by atoms with Crippen molar-refractivity contribution >= 4 is 10.0 Å². The van der Waals surface area contributed by atoms with E-state index in [2.05, 4.69) is 4.72 Å². The third kappa shape index (κ3) is 2.86. The fourth-order valence-electron chi connectivity index (χ4n) is 1.41. The Morgan fingerprint density at radius 3 is 2.75 bits per heavy atom. The number of rotatable bonds is 3. The summed E-state index contributed by atoms with van der Waals surface area (Å²) in [5.41, 5.74) is 0. The van der Waals surface area contributed by atoms with Gasteiger partial charge in [-0.05, 0) is 12.1 Å². The highest BCUT2D eigenvalue weighted by atomic mass is 32.2. The molecule has 1 atom stereocenters. The third-order valence-corrected chi connectivity index (χ3v) is 2.83. The second-order valence-electron chi connectivity index (χ2n) is 3.62. The lowest BCUT2D eigenvalue weighted by Crippen LogP contribution is -2.40. The Kier molecular flexibility index (Phi) is 3.02. The zero-order chi connectivity index (χ0) is 11.6. The number of benzene rings is 1. The summed E-state index contributed by atoms with van der Waals surface area (Å²) in [5, 5.41) is 0. The molecule has 0 aromatic heterocycles. The smallest absolute Gasteiger partial charge is 0.208 e. The van der Waals surface area contributed by atoms with Gasteiger partial charge in [0.25, 0.3) is 0 Å². The third-order valence-electron chi connectivity index (χ3n) is 2.14. The fourth-order valence-corrected chi connectivity index (χ4v) is 1.90. The van der Waals surface area contributed by atoms with Crippen molar-refractivity contribution in [1.29, 1.82) is 0 Å². The van der Waals surface area contributed by atoms with Gasteiger partial charge in [-0.25, -0.2) is 13.1 Å². The lowest BCUT2D eigenvalue weighted by atomic mass is 10.2. The molecule has 1 aliphatic rings. The summed E-state index contributed by atoms with van der Waals surface area (Å²) >= 11 is 0. The summed E-state index contributed by atoms with van der Waals surface area (Å²) in [4.78, 5) is 0. The standard InChI is InChI=1S/C10H13NO4S/c1-16(12,13)11-6-8-7-14-9-4-2-3-5-10(9)15-8/h2-5,8,11H,6-7H2,1H3. The van der Waals surface area contributed by atoms with E-state index in [4.69, 9.17) is 9.47 Å². The van der Waals surface area contributed by atoms with E-state index in [0.717, 1.165) is 6.26 Å². The molecular weight excluding hydrogens is 230 g/mol. The Hall–Kier alpha value is -1.27. The van der Waals surface area contributed by atoms with Gasteiger partial charge in [0.1, 0.15) is 12.7 Å². The Morgan fingerprint density at radius 1 is 1.38 bits per heavy atom. The maximum atomic E-state index is 10.9. The monoisotopic (exact) mass is 243 g/mol. The van der Waals surface area contributed by atoms with Crippen LogP contribution in [0, 0.1) is 0 Å². The second-order valence-corrected chi connectivity index (χ2v) is 5.45. The van der Waals surface area contributed by atoms with Crippen LogP contribution in [0.4, 0.5) is 0 Å². The minimum absolute atomic E-state index is 0.215. The van der Waals surface area contributed by atoms with Crippen molar-refractivity contribution in [2.45, 2.75) is 6.10 Å². The molecule has 1 N–H and O–H groups in total. The van der Waals surface area contributed by atoms with E-state index in [-0.39, 0.29) is 12.6 Å². The van der Waals surface area contributed by atoms with Crippen molar-refractivity contribution in [1.82, 2.24) is 4.72 Å². The number of fused-ring (bicyclic) bond motifs is 1. The molecule has 1 heterocycles. The van der Waals surface area contributed by atoms with Crippen molar-refractivity contribution in [2.24, 2.45) is 0 Å². The van der Waals surface area contributed by atoms with E-state index in [1.54, 1.807) is 6.07 Å². The van der Waals surface area contributed by atoms with Crippen LogP contribution in [0.25, 0.3) is 0 Å². The average Bonchev–Trinajstić information content (AvgIpc) is 2.25. The summed E-state index contributed by atoms with van der Waals surface area (Å²) < 4.78 is 35.2. The molecule has 1 aromatic rings. The number of hydrogen-bond donors (Lipinski definition) is 1. The molecule has 0 aliphatic carbocycles. The second kappa shape index (κ2) is 4.31. The molecule has 0 amide bonds. The van der Waals surface area contributed by atoms with Gasteiger partial charge in [0.15, 0.2) is 11.5 Å². The predicted octanol–water partition coefficient (Wildman–Crippen LogP) is 0.376. The fraction of sp³-hybridized carbons (Fsp3) is 0.400. The highest BCUT2D eigenvalue weighted by molar-refractivity contribution is 7.88. The first-order chi connectivity index (χ1) is 7.54. The van der Waals surface area contributed by atoms with Gasteiger partial charge in [0.05, 0.1) is 12.8 Å². The molecule has 1 unspecified atom stereocenters. The minimum atomic E-state index is -3.19. The van der Waals surface area contributed by atoms with Gasteiger partial charge >= 0.3 is 0 Å². The van der Waals surface area contributed by atoms with Gasteiger partial charge < -0.3 is 9.47 Å². The van der Waals surface area contributed by atoms with Crippen LogP contribution in [0.15, 0.2) is 24.3 Å². The first-order valence-electron chi connectivity index (χ1n) is 4.88. The molecule has 0 saturated heterocycles. The van der Waals surface area contributed by atoms with E-state index in [9.17, 15) is 8.42 Å². The lowest BCUT2D eigenvalue weighted by Gasteiger charge is -2.26. The largest absolute Gasteiger partial charge is 0.486 e. The summed E-state index contributed by atoms with van der Waals surface area (Å²) in [6.07, 6.45) is 0.828. The number of nitrogens with one attached hydrogen (secondary N) is 1. The topological polar surface area (TPSA) is 64.6 Å². The van der Waals surface area contributed by atoms with Crippen LogP contribution >= 0.6 is 0 Å². The molecule has 1 aliphatic heterocycles. The van der Waals surface area contributed by atoms with Crippen molar-refractivity contribution in [3.8, 4) is 11.5 Å². The maximum absolute atomic E-state index is 10.9. The Labute approximate surface area is 94.4 Å². The zero-order valence-corrected chi connectivity index (χ0v) is 9.66. The van der Waals surface area contributed by atoms with Crippen LogP contribution in [0.5, 0.6) is 11.5 Å². The summed E-state index contributed by atoms with van der Waals surface area (Å²) in [7, 11) is -3.19. The quantitative estimate of drug-likeness (QED) is 0.833. The molecular formula is C10H13NO4S. The molecule has 6 heteroatoms. The van der Waals surface area contributed by atoms with Crippen molar-refractivity contribution < 1.29 is 17.9 Å². The Bertz CT molecular complexity index is 471. The Balaban J connectivity index is 1.98. The molecule has 0 fully saturated rings. The molecule has 0 spiro atoms. The molecule has 88 valence electrons. The number of ether oxygens (including phenoxy) is 2. The van der Waals surface area contributed by atoms with Gasteiger partial charge in [-0.1, -0.05) is 12.1 Å². The molecule has 16 heavy (non-hydrogen) atoms. The van der Waals surface area contributed by atoms with Gasteiger partial charge in [-0.15, -0.1) is 0 Å². The van der Waals surface area contributed by atoms with Crippen molar-refractivity contribution in [2.75, 3.05) is 19.4 Å². The summed E-state index contributed by atoms with van der Waals surface area (Å²) in [6, 6.07) is 7.31. The van der Waals surface area contributed by atoms with Crippen LogP contribution in [-0.2, 0) is 10.0 Å². The first kappa shape index (κ1) is 11.2. The number of sulfonamides is 1. The van der Waals surface area contributed by atoms with Gasteiger partial charge in [0.2, 0.25) is 10.0 Å². The van der Waals surface area contributed by atoms with E-state index < -0.39 is 10.0 Å². The van der Waals surface area contributed by atoms with Gasteiger partial charge in [0, 0.05) is 0 Å². The van der Waals surface area contributed by atoms with E-state index in [0.29, 0.717) is 18.1 Å². The van der Waals surface area contributed by atoms with Crippen LogP contribution in [0.3, 0.4) is 0 Å². The van der Waals surface area contributed by atoms with Crippen molar-refractivity contribution in [3.63, 3.8) is 0 Å². The molecule has 2 rings (SSSR count). The normalized spacial score (nSPS) is 19.4. The minimum Gasteiger partial charge on any atom is -0.486 e. The molecule has 0 bridgehead atoms. The molecule has 0 saturated carbocycles. The highest BCUT2D eigenvalue weighted by Gasteiger charge is 2.21.